The van der Waals surface area contributed by atoms with Crippen molar-refractivity contribution in [1.82, 2.24) is 14.3 Å². The first-order valence-electron chi connectivity index (χ1n) is 17.2. The quantitative estimate of drug-likeness (QED) is 0.0318. The summed E-state index contributed by atoms with van der Waals surface area (Å²) >= 11 is 8.66. The zero-order valence-corrected chi connectivity index (χ0v) is 33.4. The number of aliphatic imine (C=N–C) groups is 1. The molecule has 6 rings (SSSR count). The molecule has 0 amide bonds. The van der Waals surface area contributed by atoms with Gasteiger partial charge in [0.15, 0.2) is 0 Å². The molecule has 2 atom stereocenters. The summed E-state index contributed by atoms with van der Waals surface area (Å²) in [6, 6.07) is 17.2. The van der Waals surface area contributed by atoms with E-state index in [1.807, 2.05) is 66.7 Å². The van der Waals surface area contributed by atoms with Gasteiger partial charge in [0, 0.05) is 42.7 Å². The van der Waals surface area contributed by atoms with Crippen molar-refractivity contribution in [3.05, 3.63) is 100 Å². The minimum Gasteiger partial charge on any atom is -0.508 e. The molecule has 1 N–H and O–H groups in total. The Kier molecular flexibility index (Phi) is 11.7. The normalized spacial score (nSPS) is 15.3. The number of aryl methyl sites for hydroxylation is 3. The molecular formula is C39H43ClN5O7S2+. The first-order chi connectivity index (χ1) is 25.7. The Labute approximate surface area is 323 Å². The number of aromatic nitrogens is 3. The molecule has 0 radical (unpaired) electrons. The SMILES string of the molecule is C=CC(OCc1cc(CSc2cc(O)cc3ccccc23)n(C)n1)C1=NC(C)[N+](C)=C1c1c(Cl)ccc2c(CCCOS(C)(=O)=O)c(C(=O)OC)n(C)c12. The highest BCUT2D eigenvalue weighted by Gasteiger charge is 2.39. The number of esters is 1. The Morgan fingerprint density at radius 2 is 1.93 bits per heavy atom. The Morgan fingerprint density at radius 1 is 1.17 bits per heavy atom. The van der Waals surface area contributed by atoms with E-state index < -0.39 is 22.2 Å². The van der Waals surface area contributed by atoms with Gasteiger partial charge in [-0.2, -0.15) is 13.5 Å². The molecule has 12 nitrogen and oxygen atoms in total. The second kappa shape index (κ2) is 16.1. The predicted molar refractivity (Wildman–Crippen MR) is 213 cm³/mol. The largest absolute Gasteiger partial charge is 0.508 e. The van der Waals surface area contributed by atoms with Gasteiger partial charge in [0.1, 0.15) is 30.3 Å². The third kappa shape index (κ3) is 7.98. The number of phenols is 1. The molecule has 0 spiro atoms. The van der Waals surface area contributed by atoms with Crippen LogP contribution in [0.5, 0.6) is 5.75 Å². The molecule has 54 heavy (non-hydrogen) atoms. The van der Waals surface area contributed by atoms with Crippen LogP contribution in [0.3, 0.4) is 0 Å². The van der Waals surface area contributed by atoms with Gasteiger partial charge in [0.05, 0.1) is 48.4 Å². The lowest BCUT2D eigenvalue weighted by Gasteiger charge is -2.15. The number of hydrogen-bond donors (Lipinski definition) is 1. The smallest absolute Gasteiger partial charge is 0.354 e. The number of nitrogens with zero attached hydrogens (tertiary/aromatic N) is 5. The molecule has 3 heterocycles. The number of rotatable bonds is 15. The predicted octanol–water partition coefficient (Wildman–Crippen LogP) is 6.42. The van der Waals surface area contributed by atoms with Crippen LogP contribution >= 0.6 is 23.4 Å². The maximum atomic E-state index is 13.2. The van der Waals surface area contributed by atoms with Gasteiger partial charge < -0.3 is 19.1 Å². The minimum absolute atomic E-state index is 0.0333. The van der Waals surface area contributed by atoms with E-state index in [1.165, 1.54) is 7.11 Å². The number of methoxy groups -OCH3 is 1. The van der Waals surface area contributed by atoms with E-state index in [2.05, 4.69) is 6.58 Å². The lowest BCUT2D eigenvalue weighted by atomic mass is 9.97. The fourth-order valence-corrected chi connectivity index (χ4v) is 8.65. The molecule has 1 aliphatic heterocycles. The van der Waals surface area contributed by atoms with Gasteiger partial charge in [0.2, 0.25) is 11.9 Å². The molecule has 0 aliphatic carbocycles. The van der Waals surface area contributed by atoms with Gasteiger partial charge in [-0.05, 0) is 53.4 Å². The third-order valence-corrected chi connectivity index (χ3v) is 11.5. The fraction of sp³-hybridized carbons (Fsp3) is 0.333. The van der Waals surface area contributed by atoms with Crippen LogP contribution in [0.15, 0.2) is 77.1 Å². The molecule has 0 bridgehead atoms. The zero-order chi connectivity index (χ0) is 38.9. The number of ether oxygens (including phenoxy) is 2. The fourth-order valence-electron chi connectivity index (χ4n) is 6.87. The number of benzene rings is 3. The van der Waals surface area contributed by atoms with Crippen LogP contribution in [0.1, 0.15) is 46.3 Å². The highest BCUT2D eigenvalue weighted by atomic mass is 35.5. The molecule has 2 unspecified atom stereocenters. The van der Waals surface area contributed by atoms with E-state index in [4.69, 9.17) is 35.3 Å². The van der Waals surface area contributed by atoms with Crippen molar-refractivity contribution < 1.29 is 36.6 Å². The van der Waals surface area contributed by atoms with Crippen LogP contribution in [-0.4, -0.2) is 89.1 Å². The number of fused-ring (bicyclic) bond motifs is 2. The van der Waals surface area contributed by atoms with E-state index in [-0.39, 0.29) is 25.1 Å². The Balaban J connectivity index is 1.27. The lowest BCUT2D eigenvalue weighted by molar-refractivity contribution is -0.526. The van der Waals surface area contributed by atoms with Gasteiger partial charge in [-0.15, -0.1) is 18.3 Å². The van der Waals surface area contributed by atoms with Crippen LogP contribution < -0.4 is 0 Å². The average Bonchev–Trinajstić information content (AvgIpc) is 3.74. The van der Waals surface area contributed by atoms with Crippen LogP contribution in [0.25, 0.3) is 21.7 Å². The molecule has 0 saturated carbocycles. The molecular weight excluding hydrogens is 750 g/mol. The van der Waals surface area contributed by atoms with E-state index in [0.717, 1.165) is 44.4 Å². The van der Waals surface area contributed by atoms with Crippen molar-refractivity contribution >= 4 is 72.5 Å². The first kappa shape index (κ1) is 39.2. The summed E-state index contributed by atoms with van der Waals surface area (Å²) in [6.45, 7) is 6.21. The summed E-state index contributed by atoms with van der Waals surface area (Å²) < 4.78 is 45.4. The standard InChI is InChI=1S/C39H42ClN5O7S2/c1-8-32(51-21-25-19-26(45(5)42-25)22-53-33-20-27(46)18-24-12-9-10-13-28(24)33)35-38(43(3)23(2)41-35)34-31(40)16-15-30-29(14-11-17-52-54(7,48)49)37(39(47)50-6)44(4)36(30)34/h8-10,12-13,15-16,18-20,23,32H,1,11,14,17,21-22H2,2-7H3/p+1. The monoisotopic (exact) mass is 792 g/mol. The van der Waals surface area contributed by atoms with Crippen molar-refractivity contribution in [2.45, 2.75) is 49.3 Å². The molecule has 5 aromatic rings. The topological polar surface area (TPSA) is 137 Å². The summed E-state index contributed by atoms with van der Waals surface area (Å²) in [5.41, 5.74) is 5.46. The second-order valence-electron chi connectivity index (χ2n) is 13.1. The summed E-state index contributed by atoms with van der Waals surface area (Å²) in [7, 11) is 3.31. The molecule has 0 fully saturated rings. The number of thioether (sulfide) groups is 1. The number of carbonyl (C=O) groups excluding carboxylic acids is 1. The van der Waals surface area contributed by atoms with Crippen LogP contribution in [-0.2, 0) is 56.7 Å². The van der Waals surface area contributed by atoms with Crippen molar-refractivity contribution in [3.63, 3.8) is 0 Å². The summed E-state index contributed by atoms with van der Waals surface area (Å²) in [5, 5.41) is 18.3. The average molecular weight is 793 g/mol. The van der Waals surface area contributed by atoms with E-state index >= 15 is 0 Å². The number of halogens is 1. The van der Waals surface area contributed by atoms with E-state index in [0.29, 0.717) is 51.7 Å². The number of carbonyl (C=O) groups is 1. The van der Waals surface area contributed by atoms with Crippen LogP contribution in [0.2, 0.25) is 5.02 Å². The van der Waals surface area contributed by atoms with Gasteiger partial charge in [0.25, 0.3) is 10.1 Å². The number of hydrogen-bond acceptors (Lipinski definition) is 10. The number of phenolic OH excluding ortho intramolecular Hbond substituents is 1. The maximum absolute atomic E-state index is 13.2. The lowest BCUT2D eigenvalue weighted by Crippen LogP contribution is -2.32. The summed E-state index contributed by atoms with van der Waals surface area (Å²) in [6.07, 6.45) is 2.51. The number of aromatic hydroxyl groups is 1. The maximum Gasteiger partial charge on any atom is 0.354 e. The van der Waals surface area contributed by atoms with Crippen LogP contribution in [0.4, 0.5) is 0 Å². The van der Waals surface area contributed by atoms with Crippen molar-refractivity contribution in [1.29, 1.82) is 0 Å². The van der Waals surface area contributed by atoms with Gasteiger partial charge in [-0.3, -0.25) is 8.86 Å². The Morgan fingerprint density at radius 3 is 2.65 bits per heavy atom. The molecule has 15 heteroatoms. The van der Waals surface area contributed by atoms with Crippen LogP contribution in [0, 0.1) is 0 Å². The van der Waals surface area contributed by atoms with Crippen molar-refractivity contribution in [2.75, 3.05) is 27.0 Å². The molecule has 3 aromatic carbocycles. The van der Waals surface area contributed by atoms with Crippen molar-refractivity contribution in [2.24, 2.45) is 19.1 Å². The highest BCUT2D eigenvalue weighted by Crippen LogP contribution is 2.36. The molecule has 0 saturated heterocycles. The second-order valence-corrected chi connectivity index (χ2v) is 16.2. The minimum atomic E-state index is -3.61. The van der Waals surface area contributed by atoms with Gasteiger partial charge in [-0.1, -0.05) is 48.0 Å². The molecule has 2 aromatic heterocycles. The van der Waals surface area contributed by atoms with Crippen molar-refractivity contribution in [3.8, 4) is 5.75 Å². The Hall–Kier alpha value is -4.47. The molecule has 1 aliphatic rings. The zero-order valence-electron chi connectivity index (χ0n) is 31.0. The Bertz CT molecular complexity index is 2450. The first-order valence-corrected chi connectivity index (χ1v) is 20.4. The summed E-state index contributed by atoms with van der Waals surface area (Å²) in [5.74, 6) is 0.328. The van der Waals surface area contributed by atoms with Gasteiger partial charge >= 0.3 is 5.97 Å². The summed E-state index contributed by atoms with van der Waals surface area (Å²) in [4.78, 5) is 19.2. The van der Waals surface area contributed by atoms with E-state index in [1.54, 1.807) is 47.7 Å². The van der Waals surface area contributed by atoms with Gasteiger partial charge in [-0.25, -0.2) is 14.4 Å². The highest BCUT2D eigenvalue weighted by molar-refractivity contribution is 7.98. The van der Waals surface area contributed by atoms with E-state index in [9.17, 15) is 18.3 Å². The molecule has 284 valence electrons. The third-order valence-electron chi connectivity index (χ3n) is 9.48.